The van der Waals surface area contributed by atoms with Gasteiger partial charge in [0.25, 0.3) is 11.8 Å². The average molecular weight is 486 g/mol. The summed E-state index contributed by atoms with van der Waals surface area (Å²) in [7, 11) is -3.83. The van der Waals surface area contributed by atoms with Crippen molar-refractivity contribution >= 4 is 50.7 Å². The molecule has 2 N–H and O–H groups in total. The van der Waals surface area contributed by atoms with Crippen LogP contribution >= 0.6 is 23.2 Å². The molecular weight excluding hydrogens is 468 g/mol. The topological polar surface area (TPSA) is 95.6 Å². The van der Waals surface area contributed by atoms with Gasteiger partial charge in [-0.15, -0.1) is 23.2 Å². The first kappa shape index (κ1) is 22.0. The molecule has 0 saturated carbocycles. The number of carbonyl (C=O) groups is 2. The smallest absolute Gasteiger partial charge is 0.261 e. The van der Waals surface area contributed by atoms with Crippen LogP contribution in [0.3, 0.4) is 0 Å². The molecule has 2 aromatic carbocycles. The summed E-state index contributed by atoms with van der Waals surface area (Å²) >= 11 is 12.3. The summed E-state index contributed by atoms with van der Waals surface area (Å²) in [5.41, 5.74) is -0.188. The molecule has 2 aliphatic heterocycles. The number of hydrogen-bond donors (Lipinski definition) is 2. The Labute approximate surface area is 188 Å². The maximum Gasteiger partial charge on any atom is 0.261 e. The second-order valence-corrected chi connectivity index (χ2v) is 10.1. The molecule has 1 saturated heterocycles. The third kappa shape index (κ3) is 4.55. The van der Waals surface area contributed by atoms with E-state index in [4.69, 9.17) is 23.2 Å². The van der Waals surface area contributed by atoms with Crippen LogP contribution in [0.15, 0.2) is 42.5 Å². The normalized spacial score (nSPS) is 23.7. The average Bonchev–Trinajstić information content (AvgIpc) is 2.94. The molecule has 11 heteroatoms. The predicted octanol–water partition coefficient (Wildman–Crippen LogP) is 3.25. The molecule has 31 heavy (non-hydrogen) atoms. The third-order valence-electron chi connectivity index (χ3n) is 5.19. The molecule has 7 nitrogen and oxygen atoms in total. The molecule has 1 fully saturated rings. The number of hydrogen-bond acceptors (Lipinski definition) is 5. The van der Waals surface area contributed by atoms with Crippen LogP contribution in [0, 0.1) is 5.82 Å². The minimum Gasteiger partial charge on any atom is -0.284 e. The highest BCUT2D eigenvalue weighted by molar-refractivity contribution is 7.91. The maximum absolute atomic E-state index is 13.0. The SMILES string of the molecule is O=C1c2ccc(NS(=O)(=O)Cc3ccc(F)cc3)cc2C(=O)N1C1CCC(Cl)NC1Cl. The van der Waals surface area contributed by atoms with Gasteiger partial charge in [0.15, 0.2) is 0 Å². The number of fused-ring (bicyclic) bond motifs is 1. The largest absolute Gasteiger partial charge is 0.284 e. The van der Waals surface area contributed by atoms with E-state index in [2.05, 4.69) is 10.0 Å². The number of nitrogens with one attached hydrogen (secondary N) is 2. The standard InChI is InChI=1S/C20H18Cl2FN3O4S/c21-17-8-7-16(18(22)24-17)26-19(27)14-6-5-13(9-15(14)20(26)28)25-31(29,30)10-11-1-3-12(23)4-2-11/h1-6,9,16-18,24-25H,7-8,10H2. The van der Waals surface area contributed by atoms with Crippen LogP contribution in [0.25, 0.3) is 0 Å². The van der Waals surface area contributed by atoms with Gasteiger partial charge in [-0.1, -0.05) is 12.1 Å². The first-order valence-electron chi connectivity index (χ1n) is 9.46. The van der Waals surface area contributed by atoms with Crippen molar-refractivity contribution in [3.8, 4) is 0 Å². The molecule has 0 aromatic heterocycles. The van der Waals surface area contributed by atoms with Gasteiger partial charge >= 0.3 is 0 Å². The van der Waals surface area contributed by atoms with Crippen molar-refractivity contribution in [3.63, 3.8) is 0 Å². The highest BCUT2D eigenvalue weighted by Crippen LogP contribution is 2.32. The van der Waals surface area contributed by atoms with Crippen molar-refractivity contribution in [2.75, 3.05) is 4.72 Å². The van der Waals surface area contributed by atoms with Crippen molar-refractivity contribution in [2.24, 2.45) is 0 Å². The van der Waals surface area contributed by atoms with Crippen molar-refractivity contribution in [1.29, 1.82) is 0 Å². The molecular formula is C20H18Cl2FN3O4S. The van der Waals surface area contributed by atoms with Crippen LogP contribution in [0.5, 0.6) is 0 Å². The van der Waals surface area contributed by atoms with E-state index in [9.17, 15) is 22.4 Å². The van der Waals surface area contributed by atoms with Gasteiger partial charge in [0.2, 0.25) is 10.0 Å². The van der Waals surface area contributed by atoms with Crippen LogP contribution in [-0.2, 0) is 15.8 Å². The van der Waals surface area contributed by atoms with Gasteiger partial charge in [0, 0.05) is 5.69 Å². The van der Waals surface area contributed by atoms with E-state index in [-0.39, 0.29) is 28.1 Å². The number of anilines is 1. The predicted molar refractivity (Wildman–Crippen MR) is 115 cm³/mol. The summed E-state index contributed by atoms with van der Waals surface area (Å²) < 4.78 is 40.4. The minimum atomic E-state index is -3.83. The zero-order chi connectivity index (χ0) is 22.3. The summed E-state index contributed by atoms with van der Waals surface area (Å²) in [6.45, 7) is 0. The van der Waals surface area contributed by atoms with Crippen LogP contribution < -0.4 is 10.0 Å². The molecule has 4 rings (SSSR count). The molecule has 0 bridgehead atoms. The monoisotopic (exact) mass is 485 g/mol. The second-order valence-electron chi connectivity index (χ2n) is 7.41. The van der Waals surface area contributed by atoms with Crippen molar-refractivity contribution in [2.45, 2.75) is 35.6 Å². The number of nitrogens with zero attached hydrogens (tertiary/aromatic N) is 1. The fourth-order valence-electron chi connectivity index (χ4n) is 3.73. The Morgan fingerprint density at radius 3 is 2.39 bits per heavy atom. The second kappa shape index (κ2) is 8.38. The van der Waals surface area contributed by atoms with Crippen molar-refractivity contribution in [3.05, 3.63) is 65.0 Å². The fraction of sp³-hybridized carbons (Fsp3) is 0.300. The number of carbonyl (C=O) groups excluding carboxylic acids is 2. The summed E-state index contributed by atoms with van der Waals surface area (Å²) in [6.07, 6.45) is 0.995. The highest BCUT2D eigenvalue weighted by Gasteiger charge is 2.44. The van der Waals surface area contributed by atoms with Gasteiger partial charge in [0.05, 0.1) is 28.4 Å². The van der Waals surface area contributed by atoms with E-state index in [0.717, 1.165) is 4.90 Å². The minimum absolute atomic E-state index is 0.101. The number of imide groups is 1. The van der Waals surface area contributed by atoms with E-state index in [0.29, 0.717) is 18.4 Å². The molecule has 2 aliphatic rings. The van der Waals surface area contributed by atoms with E-state index < -0.39 is 39.2 Å². The summed E-state index contributed by atoms with van der Waals surface area (Å²) in [4.78, 5) is 26.9. The Balaban J connectivity index is 1.53. The Hall–Kier alpha value is -2.20. The van der Waals surface area contributed by atoms with E-state index >= 15 is 0 Å². The summed E-state index contributed by atoms with van der Waals surface area (Å²) in [5, 5.41) is 2.91. The van der Waals surface area contributed by atoms with E-state index in [1.54, 1.807) is 0 Å². The Kier molecular flexibility index (Phi) is 5.95. The van der Waals surface area contributed by atoms with Gasteiger partial charge in [-0.25, -0.2) is 12.8 Å². The number of rotatable bonds is 5. The molecule has 2 heterocycles. The van der Waals surface area contributed by atoms with Crippen LogP contribution in [-0.4, -0.2) is 42.2 Å². The molecule has 3 unspecified atom stereocenters. The first-order valence-corrected chi connectivity index (χ1v) is 12.0. The van der Waals surface area contributed by atoms with E-state index in [1.165, 1.54) is 42.5 Å². The van der Waals surface area contributed by atoms with E-state index in [1.807, 2.05) is 0 Å². The molecule has 2 amide bonds. The zero-order valence-corrected chi connectivity index (χ0v) is 18.3. The molecule has 0 aliphatic carbocycles. The molecule has 2 aromatic rings. The number of benzene rings is 2. The van der Waals surface area contributed by atoms with Crippen LogP contribution in [0.1, 0.15) is 39.1 Å². The van der Waals surface area contributed by atoms with Gasteiger partial charge in [-0.2, -0.15) is 0 Å². The molecule has 3 atom stereocenters. The summed E-state index contributed by atoms with van der Waals surface area (Å²) in [6, 6.07) is 8.71. The number of amides is 2. The molecule has 0 radical (unpaired) electrons. The molecule has 0 spiro atoms. The van der Waals surface area contributed by atoms with Crippen molar-refractivity contribution in [1.82, 2.24) is 10.2 Å². The lowest BCUT2D eigenvalue weighted by Crippen LogP contribution is -2.54. The lowest BCUT2D eigenvalue weighted by molar-refractivity contribution is 0.0541. The number of alkyl halides is 2. The number of sulfonamides is 1. The highest BCUT2D eigenvalue weighted by atomic mass is 35.5. The third-order valence-corrected chi connectivity index (χ3v) is 7.21. The number of piperidine rings is 1. The molecule has 164 valence electrons. The summed E-state index contributed by atoms with van der Waals surface area (Å²) in [5.74, 6) is -1.85. The van der Waals surface area contributed by atoms with Crippen LogP contribution in [0.4, 0.5) is 10.1 Å². The van der Waals surface area contributed by atoms with Crippen LogP contribution in [0.2, 0.25) is 0 Å². The Morgan fingerprint density at radius 2 is 1.71 bits per heavy atom. The lowest BCUT2D eigenvalue weighted by Gasteiger charge is -2.36. The van der Waals surface area contributed by atoms with Gasteiger partial charge < -0.3 is 0 Å². The van der Waals surface area contributed by atoms with Gasteiger partial charge in [-0.3, -0.25) is 24.5 Å². The van der Waals surface area contributed by atoms with Gasteiger partial charge in [0.1, 0.15) is 11.3 Å². The van der Waals surface area contributed by atoms with Crippen molar-refractivity contribution < 1.29 is 22.4 Å². The van der Waals surface area contributed by atoms with Gasteiger partial charge in [-0.05, 0) is 48.7 Å². The quantitative estimate of drug-likeness (QED) is 0.385. The zero-order valence-electron chi connectivity index (χ0n) is 16.0. The fourth-order valence-corrected chi connectivity index (χ4v) is 5.64. The Bertz CT molecular complexity index is 1140. The maximum atomic E-state index is 13.0. The lowest BCUT2D eigenvalue weighted by atomic mass is 10.1. The number of halogens is 3. The Morgan fingerprint density at radius 1 is 1.03 bits per heavy atom. The first-order chi connectivity index (χ1) is 14.6.